The first-order valence-corrected chi connectivity index (χ1v) is 19.6. The number of benzene rings is 9. The molecular formula is C55H37NO. The molecule has 10 aromatic rings. The summed E-state index contributed by atoms with van der Waals surface area (Å²) in [5.41, 5.74) is 16.5. The third kappa shape index (κ3) is 5.18. The first-order valence-electron chi connectivity index (χ1n) is 19.6. The van der Waals surface area contributed by atoms with Crippen LogP contribution in [0.15, 0.2) is 229 Å². The molecular weight excluding hydrogens is 691 g/mol. The SMILES string of the molecule is c1ccc(-c2ccc(-c3ccccc3N(c3ccc4c(c3)C(c3ccccc3)(c3ccccc3)c3ccccc3-4)c3cccc4c3oc3ccccc34)cc2)cc1. The number of nitrogens with zero attached hydrogens (tertiary/aromatic N) is 1. The number of anilines is 3. The maximum atomic E-state index is 6.80. The average Bonchev–Trinajstić information content (AvgIpc) is 3.82. The molecule has 0 atom stereocenters. The second-order valence-electron chi connectivity index (χ2n) is 14.8. The summed E-state index contributed by atoms with van der Waals surface area (Å²) in [6.07, 6.45) is 0. The van der Waals surface area contributed by atoms with E-state index in [1.165, 1.54) is 44.5 Å². The van der Waals surface area contributed by atoms with E-state index in [0.29, 0.717) is 0 Å². The van der Waals surface area contributed by atoms with Crippen LogP contribution in [0.2, 0.25) is 0 Å². The van der Waals surface area contributed by atoms with Crippen molar-refractivity contribution in [1.82, 2.24) is 0 Å². The van der Waals surface area contributed by atoms with Crippen molar-refractivity contribution >= 4 is 39.0 Å². The zero-order valence-electron chi connectivity index (χ0n) is 31.2. The highest BCUT2D eigenvalue weighted by atomic mass is 16.3. The Morgan fingerprint density at radius 1 is 0.351 bits per heavy atom. The number of hydrogen-bond acceptors (Lipinski definition) is 2. The van der Waals surface area contributed by atoms with Gasteiger partial charge < -0.3 is 9.32 Å². The summed E-state index contributed by atoms with van der Waals surface area (Å²) in [4.78, 5) is 2.41. The van der Waals surface area contributed by atoms with E-state index in [2.05, 4.69) is 223 Å². The zero-order chi connectivity index (χ0) is 37.8. The van der Waals surface area contributed by atoms with Crippen molar-refractivity contribution in [2.24, 2.45) is 0 Å². The summed E-state index contributed by atoms with van der Waals surface area (Å²) in [6.45, 7) is 0. The Morgan fingerprint density at radius 3 is 1.65 bits per heavy atom. The summed E-state index contributed by atoms with van der Waals surface area (Å²) in [7, 11) is 0. The van der Waals surface area contributed by atoms with Gasteiger partial charge in [0, 0.05) is 22.0 Å². The molecule has 0 fully saturated rings. The van der Waals surface area contributed by atoms with Crippen molar-refractivity contribution in [1.29, 1.82) is 0 Å². The van der Waals surface area contributed by atoms with E-state index in [-0.39, 0.29) is 0 Å². The van der Waals surface area contributed by atoms with Gasteiger partial charge in [-0.2, -0.15) is 0 Å². The zero-order valence-corrected chi connectivity index (χ0v) is 31.2. The van der Waals surface area contributed by atoms with Crippen LogP contribution in [0.1, 0.15) is 22.3 Å². The first kappa shape index (κ1) is 33.0. The Balaban J connectivity index is 1.19. The molecule has 0 radical (unpaired) electrons. The van der Waals surface area contributed by atoms with Gasteiger partial charge in [-0.3, -0.25) is 0 Å². The van der Waals surface area contributed by atoms with Gasteiger partial charge in [-0.05, 0) is 80.4 Å². The van der Waals surface area contributed by atoms with Crippen molar-refractivity contribution in [3.8, 4) is 33.4 Å². The van der Waals surface area contributed by atoms with Gasteiger partial charge in [0.1, 0.15) is 5.58 Å². The van der Waals surface area contributed by atoms with Crippen molar-refractivity contribution < 1.29 is 4.42 Å². The molecule has 1 aliphatic rings. The summed E-state index contributed by atoms with van der Waals surface area (Å²) >= 11 is 0. The van der Waals surface area contributed by atoms with E-state index < -0.39 is 5.41 Å². The molecule has 0 amide bonds. The molecule has 1 aliphatic carbocycles. The van der Waals surface area contributed by atoms with Gasteiger partial charge in [0.05, 0.1) is 16.8 Å². The molecule has 11 rings (SSSR count). The average molecular weight is 728 g/mol. The van der Waals surface area contributed by atoms with Crippen LogP contribution in [0.4, 0.5) is 17.1 Å². The fourth-order valence-corrected chi connectivity index (χ4v) is 9.27. The van der Waals surface area contributed by atoms with Crippen LogP contribution in [-0.4, -0.2) is 0 Å². The van der Waals surface area contributed by atoms with Crippen molar-refractivity contribution in [2.75, 3.05) is 4.90 Å². The van der Waals surface area contributed by atoms with E-state index in [4.69, 9.17) is 4.42 Å². The van der Waals surface area contributed by atoms with Gasteiger partial charge in [-0.15, -0.1) is 0 Å². The maximum Gasteiger partial charge on any atom is 0.159 e. The second kappa shape index (κ2) is 13.4. The number of para-hydroxylation sites is 3. The quantitative estimate of drug-likeness (QED) is 0.163. The number of hydrogen-bond donors (Lipinski definition) is 0. The lowest BCUT2D eigenvalue weighted by Gasteiger charge is -2.35. The minimum atomic E-state index is -0.533. The van der Waals surface area contributed by atoms with Gasteiger partial charge in [-0.1, -0.05) is 194 Å². The lowest BCUT2D eigenvalue weighted by molar-refractivity contribution is 0.669. The van der Waals surface area contributed by atoms with Gasteiger partial charge in [0.15, 0.2) is 5.58 Å². The van der Waals surface area contributed by atoms with Crippen LogP contribution < -0.4 is 4.90 Å². The van der Waals surface area contributed by atoms with Crippen LogP contribution >= 0.6 is 0 Å². The normalized spacial score (nSPS) is 12.7. The highest BCUT2D eigenvalue weighted by molar-refractivity contribution is 6.11. The van der Waals surface area contributed by atoms with Crippen LogP contribution in [0.25, 0.3) is 55.3 Å². The number of furan rings is 1. The Labute approximate surface area is 332 Å². The van der Waals surface area contributed by atoms with Gasteiger partial charge in [0.25, 0.3) is 0 Å². The molecule has 0 unspecified atom stereocenters. The van der Waals surface area contributed by atoms with Crippen LogP contribution in [0.5, 0.6) is 0 Å². The highest BCUT2D eigenvalue weighted by Gasteiger charge is 2.46. The molecule has 0 saturated carbocycles. The van der Waals surface area contributed by atoms with E-state index in [1.807, 2.05) is 6.07 Å². The molecule has 268 valence electrons. The minimum Gasteiger partial charge on any atom is -0.454 e. The molecule has 1 aromatic heterocycles. The Bertz CT molecular complexity index is 3020. The molecule has 0 bridgehead atoms. The maximum absolute atomic E-state index is 6.80. The molecule has 1 heterocycles. The molecule has 2 heteroatoms. The molecule has 0 spiro atoms. The van der Waals surface area contributed by atoms with Crippen LogP contribution in [0, 0.1) is 0 Å². The Kier molecular flexibility index (Phi) is 7.75. The summed E-state index contributed by atoms with van der Waals surface area (Å²) in [6, 6.07) is 81.2. The second-order valence-corrected chi connectivity index (χ2v) is 14.8. The molecule has 0 N–H and O–H groups in total. The van der Waals surface area contributed by atoms with Crippen molar-refractivity contribution in [2.45, 2.75) is 5.41 Å². The topological polar surface area (TPSA) is 16.4 Å². The summed E-state index contributed by atoms with van der Waals surface area (Å²) < 4.78 is 6.80. The fourth-order valence-electron chi connectivity index (χ4n) is 9.27. The van der Waals surface area contributed by atoms with Crippen molar-refractivity contribution in [3.63, 3.8) is 0 Å². The van der Waals surface area contributed by atoms with E-state index in [0.717, 1.165) is 50.1 Å². The van der Waals surface area contributed by atoms with Gasteiger partial charge in [-0.25, -0.2) is 0 Å². The monoisotopic (exact) mass is 727 g/mol. The van der Waals surface area contributed by atoms with E-state index in [9.17, 15) is 0 Å². The van der Waals surface area contributed by atoms with Gasteiger partial charge >= 0.3 is 0 Å². The molecule has 0 saturated heterocycles. The smallest absolute Gasteiger partial charge is 0.159 e. The van der Waals surface area contributed by atoms with Gasteiger partial charge in [0.2, 0.25) is 0 Å². The predicted molar refractivity (Wildman–Crippen MR) is 237 cm³/mol. The predicted octanol–water partition coefficient (Wildman–Crippen LogP) is 14.8. The largest absolute Gasteiger partial charge is 0.454 e. The van der Waals surface area contributed by atoms with Crippen LogP contribution in [0.3, 0.4) is 0 Å². The lowest BCUT2D eigenvalue weighted by atomic mass is 9.67. The van der Waals surface area contributed by atoms with E-state index >= 15 is 0 Å². The van der Waals surface area contributed by atoms with Crippen molar-refractivity contribution in [3.05, 3.63) is 247 Å². The number of fused-ring (bicyclic) bond motifs is 6. The Hall–Kier alpha value is -7.42. The number of rotatable bonds is 7. The minimum absolute atomic E-state index is 0.533. The van der Waals surface area contributed by atoms with E-state index in [1.54, 1.807) is 0 Å². The molecule has 9 aromatic carbocycles. The third-order valence-corrected chi connectivity index (χ3v) is 11.8. The third-order valence-electron chi connectivity index (χ3n) is 11.8. The molecule has 57 heavy (non-hydrogen) atoms. The summed E-state index contributed by atoms with van der Waals surface area (Å²) in [5, 5.41) is 2.20. The molecule has 2 nitrogen and oxygen atoms in total. The summed E-state index contributed by atoms with van der Waals surface area (Å²) in [5.74, 6) is 0. The highest BCUT2D eigenvalue weighted by Crippen LogP contribution is 2.57. The lowest BCUT2D eigenvalue weighted by Crippen LogP contribution is -2.28. The Morgan fingerprint density at radius 2 is 0.895 bits per heavy atom. The first-order chi connectivity index (χ1) is 28.3. The van der Waals surface area contributed by atoms with Crippen LogP contribution in [-0.2, 0) is 5.41 Å². The fraction of sp³-hybridized carbons (Fsp3) is 0.0182. The molecule has 0 aliphatic heterocycles. The standard InChI is InChI=1S/C55H37NO/c1-4-17-38(18-5-1)39-31-33-40(34-32-39)44-23-11-14-28-51(44)56(52-29-16-26-48-47-25-12-15-30-53(47)57-54(48)52)43-35-36-46-45-24-10-13-27-49(45)55(50(46)37-43,41-19-6-2-7-20-41)42-21-8-3-9-22-42/h1-37H.